The molecule has 120 valence electrons. The molecular weight excluding hydrogens is 260 g/mol. The van der Waals surface area contributed by atoms with E-state index in [4.69, 9.17) is 0 Å². The Balaban J connectivity index is 2.27. The van der Waals surface area contributed by atoms with Crippen LogP contribution in [-0.4, -0.2) is 18.9 Å². The van der Waals surface area contributed by atoms with Gasteiger partial charge in [0.15, 0.2) is 0 Å². The molecule has 1 nitrogen and oxygen atoms in total. The standard InChI is InChI=1S/C18H38OSi/c1-15-11-7-8-12-16(15)13-9-10-14-17(19)20(5,6)18(2,3)4/h15-17,19H,7-14H2,1-6H3. The molecule has 1 N–H and O–H groups in total. The Bertz CT molecular complexity index is 280. The number of unbranched alkanes of at least 4 members (excludes halogenated alkanes) is 1. The molecule has 0 aromatic heterocycles. The first-order chi connectivity index (χ1) is 9.16. The van der Waals surface area contributed by atoms with Crippen molar-refractivity contribution in [1.82, 2.24) is 0 Å². The second kappa shape index (κ2) is 7.44. The molecule has 0 amide bonds. The van der Waals surface area contributed by atoms with Gasteiger partial charge in [0, 0.05) is 5.73 Å². The number of rotatable bonds is 6. The lowest BCUT2D eigenvalue weighted by Gasteiger charge is -2.40. The average Bonchev–Trinajstić information content (AvgIpc) is 2.34. The van der Waals surface area contributed by atoms with Gasteiger partial charge in [0.25, 0.3) is 0 Å². The lowest BCUT2D eigenvalue weighted by molar-refractivity contribution is 0.210. The summed E-state index contributed by atoms with van der Waals surface area (Å²) in [6.45, 7) is 14.0. The maximum Gasteiger partial charge on any atom is 0.0864 e. The smallest absolute Gasteiger partial charge is 0.0864 e. The van der Waals surface area contributed by atoms with Gasteiger partial charge < -0.3 is 5.11 Å². The Morgan fingerprint density at radius 3 is 2.25 bits per heavy atom. The molecule has 0 aromatic carbocycles. The van der Waals surface area contributed by atoms with Crippen LogP contribution in [0.4, 0.5) is 0 Å². The van der Waals surface area contributed by atoms with E-state index >= 15 is 0 Å². The van der Waals surface area contributed by atoms with Crippen molar-refractivity contribution in [2.24, 2.45) is 11.8 Å². The van der Waals surface area contributed by atoms with Gasteiger partial charge in [-0.3, -0.25) is 0 Å². The second-order valence-corrected chi connectivity index (χ2v) is 14.4. The molecule has 0 saturated heterocycles. The van der Waals surface area contributed by atoms with Crippen LogP contribution in [0.2, 0.25) is 18.1 Å². The van der Waals surface area contributed by atoms with E-state index in [1.54, 1.807) is 0 Å². The third-order valence-electron chi connectivity index (χ3n) is 6.36. The molecule has 2 heteroatoms. The second-order valence-electron chi connectivity index (χ2n) is 8.79. The van der Waals surface area contributed by atoms with Crippen LogP contribution >= 0.6 is 0 Å². The summed E-state index contributed by atoms with van der Waals surface area (Å²) < 4.78 is 0. The van der Waals surface area contributed by atoms with Crippen molar-refractivity contribution >= 4 is 8.07 Å². The molecule has 1 fully saturated rings. The van der Waals surface area contributed by atoms with Crippen LogP contribution in [0.3, 0.4) is 0 Å². The van der Waals surface area contributed by atoms with E-state index in [0.717, 1.165) is 18.3 Å². The Morgan fingerprint density at radius 1 is 1.10 bits per heavy atom. The van der Waals surface area contributed by atoms with E-state index in [-0.39, 0.29) is 5.73 Å². The fourth-order valence-corrected chi connectivity index (χ4v) is 5.35. The van der Waals surface area contributed by atoms with E-state index in [9.17, 15) is 5.11 Å². The topological polar surface area (TPSA) is 20.2 Å². The molecule has 0 aromatic rings. The van der Waals surface area contributed by atoms with Crippen molar-refractivity contribution in [2.75, 3.05) is 0 Å². The molecule has 1 saturated carbocycles. The Morgan fingerprint density at radius 2 is 1.70 bits per heavy atom. The van der Waals surface area contributed by atoms with Gasteiger partial charge in [0.1, 0.15) is 0 Å². The summed E-state index contributed by atoms with van der Waals surface area (Å²) in [6, 6.07) is 0. The lowest BCUT2D eigenvalue weighted by Crippen LogP contribution is -2.49. The SMILES string of the molecule is CC1CCCCC1CCCCC(O)[Si](C)(C)C(C)(C)C. The largest absolute Gasteiger partial charge is 0.397 e. The van der Waals surface area contributed by atoms with Gasteiger partial charge in [-0.25, -0.2) is 0 Å². The van der Waals surface area contributed by atoms with Gasteiger partial charge in [0.2, 0.25) is 0 Å². The zero-order chi connectivity index (χ0) is 15.4. The van der Waals surface area contributed by atoms with Crippen molar-refractivity contribution in [2.45, 2.75) is 103 Å². The highest BCUT2D eigenvalue weighted by Gasteiger charge is 2.41. The first-order valence-electron chi connectivity index (χ1n) is 8.84. The van der Waals surface area contributed by atoms with Crippen LogP contribution in [0.25, 0.3) is 0 Å². The molecule has 3 unspecified atom stereocenters. The predicted octanol–water partition coefficient (Wildman–Crippen LogP) is 5.78. The first-order valence-corrected chi connectivity index (χ1v) is 11.9. The fourth-order valence-electron chi connectivity index (χ4n) is 3.43. The summed E-state index contributed by atoms with van der Waals surface area (Å²) in [5.41, 5.74) is -0.0359. The highest BCUT2D eigenvalue weighted by molar-refractivity contribution is 6.81. The zero-order valence-electron chi connectivity index (χ0n) is 14.8. The minimum absolute atomic E-state index is 0.0359. The van der Waals surface area contributed by atoms with E-state index in [1.165, 1.54) is 44.9 Å². The number of hydrogen-bond donors (Lipinski definition) is 1. The van der Waals surface area contributed by atoms with Gasteiger partial charge in [-0.1, -0.05) is 85.7 Å². The third-order valence-corrected chi connectivity index (χ3v) is 12.2. The number of aliphatic hydroxyl groups excluding tert-OH is 1. The highest BCUT2D eigenvalue weighted by Crippen LogP contribution is 2.39. The third kappa shape index (κ3) is 4.87. The van der Waals surface area contributed by atoms with Crippen molar-refractivity contribution in [3.05, 3.63) is 0 Å². The maximum absolute atomic E-state index is 10.6. The highest BCUT2D eigenvalue weighted by atomic mass is 28.3. The maximum atomic E-state index is 10.6. The minimum Gasteiger partial charge on any atom is -0.397 e. The molecule has 1 rings (SSSR count). The summed E-state index contributed by atoms with van der Waals surface area (Å²) in [7, 11) is -1.56. The molecular formula is C18H38OSi. The van der Waals surface area contributed by atoms with Gasteiger partial charge in [-0.05, 0) is 23.3 Å². The number of hydrogen-bond acceptors (Lipinski definition) is 1. The fraction of sp³-hybridized carbons (Fsp3) is 1.00. The first kappa shape index (κ1) is 18.2. The van der Waals surface area contributed by atoms with Gasteiger partial charge in [-0.2, -0.15) is 0 Å². The van der Waals surface area contributed by atoms with E-state index in [0.29, 0.717) is 5.04 Å². The van der Waals surface area contributed by atoms with Crippen molar-refractivity contribution in [1.29, 1.82) is 0 Å². The van der Waals surface area contributed by atoms with Gasteiger partial charge in [0.05, 0.1) is 8.07 Å². The molecule has 0 spiro atoms. The lowest BCUT2D eigenvalue weighted by atomic mass is 9.78. The van der Waals surface area contributed by atoms with E-state index < -0.39 is 8.07 Å². The van der Waals surface area contributed by atoms with Crippen LogP contribution in [0, 0.1) is 11.8 Å². The molecule has 1 aliphatic rings. The molecule has 0 radical (unpaired) electrons. The molecule has 0 aliphatic heterocycles. The van der Waals surface area contributed by atoms with Crippen molar-refractivity contribution in [3.63, 3.8) is 0 Å². The minimum atomic E-state index is -1.56. The van der Waals surface area contributed by atoms with E-state index in [1.807, 2.05) is 0 Å². The summed E-state index contributed by atoms with van der Waals surface area (Å²) in [6.07, 6.45) is 10.7. The molecule has 0 bridgehead atoms. The average molecular weight is 299 g/mol. The van der Waals surface area contributed by atoms with Crippen molar-refractivity contribution < 1.29 is 5.11 Å². The Hall–Kier alpha value is 0.177. The molecule has 3 atom stereocenters. The summed E-state index contributed by atoms with van der Waals surface area (Å²) in [5, 5.41) is 10.9. The summed E-state index contributed by atoms with van der Waals surface area (Å²) in [5.74, 6) is 1.91. The van der Waals surface area contributed by atoms with Crippen LogP contribution in [0.5, 0.6) is 0 Å². The molecule has 1 aliphatic carbocycles. The zero-order valence-corrected chi connectivity index (χ0v) is 15.8. The van der Waals surface area contributed by atoms with Crippen LogP contribution < -0.4 is 0 Å². The van der Waals surface area contributed by atoms with Crippen LogP contribution in [0.15, 0.2) is 0 Å². The Kier molecular flexibility index (Phi) is 6.78. The van der Waals surface area contributed by atoms with Gasteiger partial charge >= 0.3 is 0 Å². The summed E-state index contributed by atoms with van der Waals surface area (Å²) >= 11 is 0. The van der Waals surface area contributed by atoms with Crippen LogP contribution in [0.1, 0.15) is 79.1 Å². The van der Waals surface area contributed by atoms with Crippen molar-refractivity contribution in [3.8, 4) is 0 Å². The predicted molar refractivity (Wildman–Crippen MR) is 92.8 cm³/mol. The summed E-state index contributed by atoms with van der Waals surface area (Å²) in [4.78, 5) is 0. The quantitative estimate of drug-likeness (QED) is 0.486. The van der Waals surface area contributed by atoms with E-state index in [2.05, 4.69) is 40.8 Å². The monoisotopic (exact) mass is 298 g/mol. The Labute approximate surface area is 128 Å². The normalized spacial score (nSPS) is 26.6. The van der Waals surface area contributed by atoms with Crippen LogP contribution in [-0.2, 0) is 0 Å². The number of aliphatic hydroxyl groups is 1. The van der Waals surface area contributed by atoms with Gasteiger partial charge in [-0.15, -0.1) is 0 Å². The molecule has 20 heavy (non-hydrogen) atoms. The molecule has 0 heterocycles.